The van der Waals surface area contributed by atoms with Crippen molar-refractivity contribution >= 4 is 27.5 Å². The number of fused-ring (bicyclic) bond motifs is 1. The van der Waals surface area contributed by atoms with E-state index in [-0.39, 0.29) is 12.1 Å². The van der Waals surface area contributed by atoms with Gasteiger partial charge in [0, 0.05) is 17.4 Å². The molecule has 0 aliphatic rings. The fraction of sp³-hybridized carbons (Fsp3) is 0.316. The molecule has 0 saturated carbocycles. The van der Waals surface area contributed by atoms with Gasteiger partial charge in [0.2, 0.25) is 0 Å². The van der Waals surface area contributed by atoms with Crippen LogP contribution < -0.4 is 5.56 Å². The molecule has 3 rings (SSSR count). The first kappa shape index (κ1) is 17.4. The number of aryl methyl sites for hydroxylation is 3. The minimum absolute atomic E-state index is 0.271. The standard InChI is InChI=1S/C19H20N2O3S/c1-4-5-15-20-18-17(19(24)21(15)9-16(22)23)14(10-25-18)13-7-6-11(2)8-12(13)3/h6-8,10H,4-5,9H2,1-3H3,(H,22,23). The van der Waals surface area contributed by atoms with Crippen LogP contribution in [0.25, 0.3) is 21.3 Å². The van der Waals surface area contributed by atoms with Crippen molar-refractivity contribution in [2.45, 2.75) is 40.2 Å². The van der Waals surface area contributed by atoms with E-state index in [9.17, 15) is 14.7 Å². The van der Waals surface area contributed by atoms with Gasteiger partial charge in [-0.2, -0.15) is 0 Å². The Morgan fingerprint density at radius 3 is 2.68 bits per heavy atom. The Balaban J connectivity index is 2.30. The molecule has 0 spiro atoms. The zero-order chi connectivity index (χ0) is 18.1. The average molecular weight is 356 g/mol. The van der Waals surface area contributed by atoms with E-state index in [1.54, 1.807) is 0 Å². The Hall–Kier alpha value is -2.47. The molecule has 0 bridgehead atoms. The zero-order valence-electron chi connectivity index (χ0n) is 14.5. The van der Waals surface area contributed by atoms with E-state index in [1.807, 2.05) is 38.3 Å². The Morgan fingerprint density at radius 1 is 1.28 bits per heavy atom. The SMILES string of the molecule is CCCc1nc2scc(-c3ccc(C)cc3C)c2c(=O)n1CC(=O)O. The molecular formula is C19H20N2O3S. The van der Waals surface area contributed by atoms with E-state index in [0.717, 1.165) is 28.7 Å². The van der Waals surface area contributed by atoms with Gasteiger partial charge in [-0.25, -0.2) is 4.98 Å². The van der Waals surface area contributed by atoms with Crippen LogP contribution in [0.15, 0.2) is 28.4 Å². The van der Waals surface area contributed by atoms with Gasteiger partial charge < -0.3 is 5.11 Å². The summed E-state index contributed by atoms with van der Waals surface area (Å²) in [6.07, 6.45) is 1.38. The normalized spacial score (nSPS) is 11.2. The predicted molar refractivity (Wildman–Crippen MR) is 100 cm³/mol. The first-order chi connectivity index (χ1) is 11.9. The van der Waals surface area contributed by atoms with Crippen LogP contribution in [0.1, 0.15) is 30.3 Å². The third-order valence-corrected chi connectivity index (χ3v) is 5.08. The number of nitrogens with zero attached hydrogens (tertiary/aromatic N) is 2. The molecule has 0 aliphatic heterocycles. The smallest absolute Gasteiger partial charge is 0.323 e. The second-order valence-corrected chi connectivity index (χ2v) is 7.07. The van der Waals surface area contributed by atoms with Crippen LogP contribution in [0.2, 0.25) is 0 Å². The van der Waals surface area contributed by atoms with E-state index < -0.39 is 5.97 Å². The molecule has 6 heteroatoms. The Morgan fingerprint density at radius 2 is 2.04 bits per heavy atom. The number of carboxylic acid groups (broad SMARTS) is 1. The maximum absolute atomic E-state index is 13.1. The third-order valence-electron chi connectivity index (χ3n) is 4.21. The summed E-state index contributed by atoms with van der Waals surface area (Å²) in [6, 6.07) is 6.10. The highest BCUT2D eigenvalue weighted by Crippen LogP contribution is 2.33. The summed E-state index contributed by atoms with van der Waals surface area (Å²) in [6.45, 7) is 5.66. The highest BCUT2D eigenvalue weighted by Gasteiger charge is 2.18. The molecule has 0 unspecified atom stereocenters. The van der Waals surface area contributed by atoms with E-state index in [1.165, 1.54) is 15.9 Å². The number of benzene rings is 1. The van der Waals surface area contributed by atoms with Gasteiger partial charge in [-0.05, 0) is 31.4 Å². The molecule has 3 aromatic rings. The summed E-state index contributed by atoms with van der Waals surface area (Å²) in [5, 5.41) is 11.6. The lowest BCUT2D eigenvalue weighted by atomic mass is 9.99. The first-order valence-electron chi connectivity index (χ1n) is 8.22. The number of carbonyl (C=O) groups is 1. The first-order valence-corrected chi connectivity index (χ1v) is 9.10. The molecule has 2 aromatic heterocycles. The van der Waals surface area contributed by atoms with Crippen molar-refractivity contribution in [1.29, 1.82) is 0 Å². The van der Waals surface area contributed by atoms with Crippen molar-refractivity contribution in [3.05, 3.63) is 50.9 Å². The highest BCUT2D eigenvalue weighted by molar-refractivity contribution is 7.17. The van der Waals surface area contributed by atoms with Gasteiger partial charge in [0.05, 0.1) is 5.39 Å². The van der Waals surface area contributed by atoms with E-state index in [0.29, 0.717) is 22.5 Å². The Kier molecular flexibility index (Phi) is 4.72. The molecule has 0 radical (unpaired) electrons. The number of rotatable bonds is 5. The van der Waals surface area contributed by atoms with Gasteiger partial charge in [-0.15, -0.1) is 11.3 Å². The number of aliphatic carboxylic acids is 1. The van der Waals surface area contributed by atoms with Gasteiger partial charge in [0.15, 0.2) is 0 Å². The number of carboxylic acids is 1. The molecule has 1 aromatic carbocycles. The Bertz CT molecular complexity index is 1020. The van der Waals surface area contributed by atoms with Crippen LogP contribution in [0.4, 0.5) is 0 Å². The molecule has 0 saturated heterocycles. The van der Waals surface area contributed by atoms with Crippen LogP contribution in [0.5, 0.6) is 0 Å². The van der Waals surface area contributed by atoms with Gasteiger partial charge in [-0.1, -0.05) is 30.7 Å². The molecule has 5 nitrogen and oxygen atoms in total. The van der Waals surface area contributed by atoms with Crippen LogP contribution in [0, 0.1) is 13.8 Å². The molecule has 2 heterocycles. The van der Waals surface area contributed by atoms with Gasteiger partial charge in [0.25, 0.3) is 5.56 Å². The number of hydrogen-bond acceptors (Lipinski definition) is 4. The quantitative estimate of drug-likeness (QED) is 0.755. The second kappa shape index (κ2) is 6.80. The number of aromatic nitrogens is 2. The van der Waals surface area contributed by atoms with Gasteiger partial charge in [-0.3, -0.25) is 14.2 Å². The maximum Gasteiger partial charge on any atom is 0.323 e. The average Bonchev–Trinajstić information content (AvgIpc) is 2.95. The fourth-order valence-electron chi connectivity index (χ4n) is 3.09. The third kappa shape index (κ3) is 3.22. The van der Waals surface area contributed by atoms with Crippen LogP contribution >= 0.6 is 11.3 Å². The summed E-state index contributed by atoms with van der Waals surface area (Å²) in [5.74, 6) is -0.500. The molecular weight excluding hydrogens is 336 g/mol. The Labute approximate surface area is 149 Å². The fourth-order valence-corrected chi connectivity index (χ4v) is 4.04. The largest absolute Gasteiger partial charge is 0.480 e. The van der Waals surface area contributed by atoms with E-state index in [2.05, 4.69) is 11.1 Å². The monoisotopic (exact) mass is 356 g/mol. The van der Waals surface area contributed by atoms with Crippen LogP contribution in [-0.2, 0) is 17.8 Å². The summed E-state index contributed by atoms with van der Waals surface area (Å²) in [7, 11) is 0. The van der Waals surface area contributed by atoms with Crippen molar-refractivity contribution in [3.8, 4) is 11.1 Å². The molecule has 130 valence electrons. The molecule has 0 aliphatic carbocycles. The maximum atomic E-state index is 13.1. The molecule has 0 fully saturated rings. The summed E-state index contributed by atoms with van der Waals surface area (Å²) in [5.41, 5.74) is 3.79. The van der Waals surface area contributed by atoms with Gasteiger partial charge >= 0.3 is 5.97 Å². The van der Waals surface area contributed by atoms with Crippen LogP contribution in [0.3, 0.4) is 0 Å². The second-order valence-electron chi connectivity index (χ2n) is 6.21. The molecule has 1 N–H and O–H groups in total. The number of thiophene rings is 1. The lowest BCUT2D eigenvalue weighted by Crippen LogP contribution is -2.28. The minimum atomic E-state index is -1.04. The number of hydrogen-bond donors (Lipinski definition) is 1. The van der Waals surface area contributed by atoms with Crippen molar-refractivity contribution in [1.82, 2.24) is 9.55 Å². The van der Waals surface area contributed by atoms with Crippen LogP contribution in [-0.4, -0.2) is 20.6 Å². The van der Waals surface area contributed by atoms with Crippen molar-refractivity contribution < 1.29 is 9.90 Å². The van der Waals surface area contributed by atoms with Crippen molar-refractivity contribution in [2.24, 2.45) is 0 Å². The summed E-state index contributed by atoms with van der Waals surface area (Å²) < 4.78 is 1.30. The van der Waals surface area contributed by atoms with E-state index >= 15 is 0 Å². The summed E-state index contributed by atoms with van der Waals surface area (Å²) >= 11 is 1.43. The van der Waals surface area contributed by atoms with Gasteiger partial charge in [0.1, 0.15) is 17.2 Å². The summed E-state index contributed by atoms with van der Waals surface area (Å²) in [4.78, 5) is 29.5. The molecule has 0 atom stereocenters. The van der Waals surface area contributed by atoms with Crippen molar-refractivity contribution in [2.75, 3.05) is 0 Å². The van der Waals surface area contributed by atoms with E-state index in [4.69, 9.17) is 0 Å². The molecule has 25 heavy (non-hydrogen) atoms. The highest BCUT2D eigenvalue weighted by atomic mass is 32.1. The lowest BCUT2D eigenvalue weighted by molar-refractivity contribution is -0.137. The minimum Gasteiger partial charge on any atom is -0.480 e. The predicted octanol–water partition coefficient (Wildman–Crippen LogP) is 3.78. The van der Waals surface area contributed by atoms with Crippen molar-refractivity contribution in [3.63, 3.8) is 0 Å². The topological polar surface area (TPSA) is 72.2 Å². The lowest BCUT2D eigenvalue weighted by Gasteiger charge is -2.11. The molecule has 0 amide bonds. The zero-order valence-corrected chi connectivity index (χ0v) is 15.3.